The lowest BCUT2D eigenvalue weighted by Crippen LogP contribution is -2.42. The lowest BCUT2D eigenvalue weighted by atomic mass is 10.4. The highest BCUT2D eigenvalue weighted by molar-refractivity contribution is 7.98. The summed E-state index contributed by atoms with van der Waals surface area (Å²) in [6, 6.07) is 1.92. The molecule has 0 bridgehead atoms. The van der Waals surface area contributed by atoms with Crippen molar-refractivity contribution in [3.05, 3.63) is 35.2 Å². The van der Waals surface area contributed by atoms with Crippen molar-refractivity contribution in [3.63, 3.8) is 0 Å². The lowest BCUT2D eigenvalue weighted by molar-refractivity contribution is 0.951. The van der Waals surface area contributed by atoms with E-state index in [1.54, 1.807) is 18.1 Å². The van der Waals surface area contributed by atoms with Crippen LogP contribution in [0.15, 0.2) is 17.4 Å². The van der Waals surface area contributed by atoms with Crippen molar-refractivity contribution in [2.75, 3.05) is 24.2 Å². The summed E-state index contributed by atoms with van der Waals surface area (Å²) >= 11 is 7.05. The number of hydrogen-bond donors (Lipinski definition) is 4. The number of aromatic amines is 1. The molecular formula is C17H26N8S2. The fourth-order valence-corrected chi connectivity index (χ4v) is 3.32. The van der Waals surface area contributed by atoms with Crippen LogP contribution >= 0.6 is 24.0 Å². The first-order valence-corrected chi connectivity index (χ1v) is 10.3. The first-order valence-electron chi connectivity index (χ1n) is 8.73. The predicted molar refractivity (Wildman–Crippen MR) is 116 cm³/mol. The van der Waals surface area contributed by atoms with Crippen LogP contribution in [-0.2, 0) is 5.75 Å². The summed E-state index contributed by atoms with van der Waals surface area (Å²) in [5, 5.41) is 9.76. The zero-order valence-electron chi connectivity index (χ0n) is 16.1. The smallest absolute Gasteiger partial charge is 0.229 e. The molecule has 4 N–H and O–H groups in total. The summed E-state index contributed by atoms with van der Waals surface area (Å²) in [5.74, 6) is 2.75. The monoisotopic (exact) mass is 406 g/mol. The molecule has 0 saturated carbocycles. The third kappa shape index (κ3) is 7.51. The van der Waals surface area contributed by atoms with E-state index in [9.17, 15) is 0 Å². The molecule has 0 aliphatic carbocycles. The number of anilines is 1. The van der Waals surface area contributed by atoms with Crippen LogP contribution in [0.1, 0.15) is 29.7 Å². The average Bonchev–Trinajstić information content (AvgIpc) is 2.98. The number of hydrogen-bond acceptors (Lipinski definition) is 6. The number of rotatable bonds is 7. The Hall–Kier alpha value is -2.20. The quantitative estimate of drug-likeness (QED) is 0.240. The number of guanidine groups is 1. The van der Waals surface area contributed by atoms with Gasteiger partial charge in [0.05, 0.1) is 18.6 Å². The molecule has 0 saturated heterocycles. The second-order valence-corrected chi connectivity index (χ2v) is 7.35. The number of H-pyrrole nitrogens is 1. The number of nitrogens with zero attached hydrogens (tertiary/aromatic N) is 4. The van der Waals surface area contributed by atoms with E-state index in [0.29, 0.717) is 23.6 Å². The topological polar surface area (TPSA) is 103 Å². The summed E-state index contributed by atoms with van der Waals surface area (Å²) in [6.45, 7) is 9.24. The van der Waals surface area contributed by atoms with Gasteiger partial charge in [0.2, 0.25) is 11.9 Å². The Kier molecular flexibility index (Phi) is 8.46. The number of nitrogens with one attached hydrogen (secondary N) is 4. The summed E-state index contributed by atoms with van der Waals surface area (Å²) in [4.78, 5) is 20.8. The lowest BCUT2D eigenvalue weighted by Gasteiger charge is -2.13. The predicted octanol–water partition coefficient (Wildman–Crippen LogP) is 2.31. The van der Waals surface area contributed by atoms with Crippen molar-refractivity contribution in [1.29, 1.82) is 0 Å². The normalized spacial score (nSPS) is 11.3. The fourth-order valence-electron chi connectivity index (χ4n) is 2.23. The SMILES string of the molecule is CCNC(=S)NC(=NCCSCc1nc[nH]c1C)Nc1nc(C)cc(C)n1. The average molecular weight is 407 g/mol. The van der Waals surface area contributed by atoms with Gasteiger partial charge in [0.1, 0.15) is 0 Å². The molecule has 0 aliphatic heterocycles. The molecule has 2 rings (SSSR count). The van der Waals surface area contributed by atoms with Gasteiger partial charge in [0, 0.05) is 35.1 Å². The third-order valence-electron chi connectivity index (χ3n) is 3.46. The van der Waals surface area contributed by atoms with Gasteiger partial charge in [-0.05, 0) is 46.0 Å². The Morgan fingerprint density at radius 2 is 2.00 bits per heavy atom. The van der Waals surface area contributed by atoms with Gasteiger partial charge in [-0.15, -0.1) is 0 Å². The highest BCUT2D eigenvalue weighted by Gasteiger charge is 2.06. The van der Waals surface area contributed by atoms with E-state index in [0.717, 1.165) is 40.8 Å². The molecule has 2 heterocycles. The Balaban J connectivity index is 1.94. The van der Waals surface area contributed by atoms with Gasteiger partial charge in [-0.2, -0.15) is 11.8 Å². The Bertz CT molecular complexity index is 767. The van der Waals surface area contributed by atoms with Gasteiger partial charge in [-0.3, -0.25) is 10.3 Å². The molecule has 0 unspecified atom stereocenters. The third-order valence-corrected chi connectivity index (χ3v) is 4.66. The largest absolute Gasteiger partial charge is 0.363 e. The first kappa shape index (κ1) is 21.1. The maximum absolute atomic E-state index is 5.27. The molecule has 146 valence electrons. The number of aliphatic imine (C=N–C) groups is 1. The molecule has 0 amide bonds. The fraction of sp³-hybridized carbons (Fsp3) is 0.471. The van der Waals surface area contributed by atoms with Gasteiger partial charge < -0.3 is 15.6 Å². The second kappa shape index (κ2) is 10.8. The van der Waals surface area contributed by atoms with Crippen LogP contribution in [0.3, 0.4) is 0 Å². The molecule has 2 aromatic heterocycles. The summed E-state index contributed by atoms with van der Waals surface area (Å²) in [5.41, 5.74) is 3.97. The van der Waals surface area contributed by atoms with Gasteiger partial charge >= 0.3 is 0 Å². The maximum atomic E-state index is 5.27. The molecule has 2 aromatic rings. The van der Waals surface area contributed by atoms with E-state index in [1.165, 1.54) is 0 Å². The Morgan fingerprint density at radius 1 is 1.26 bits per heavy atom. The van der Waals surface area contributed by atoms with Crippen LogP contribution < -0.4 is 16.0 Å². The minimum Gasteiger partial charge on any atom is -0.363 e. The van der Waals surface area contributed by atoms with Gasteiger partial charge in [-0.25, -0.2) is 15.0 Å². The molecule has 0 radical (unpaired) electrons. The van der Waals surface area contributed by atoms with E-state index in [2.05, 4.69) is 40.9 Å². The van der Waals surface area contributed by atoms with E-state index in [4.69, 9.17) is 12.2 Å². The number of aryl methyl sites for hydroxylation is 3. The molecule has 10 heteroatoms. The van der Waals surface area contributed by atoms with Crippen molar-refractivity contribution < 1.29 is 0 Å². The summed E-state index contributed by atoms with van der Waals surface area (Å²) in [6.07, 6.45) is 1.72. The summed E-state index contributed by atoms with van der Waals surface area (Å²) < 4.78 is 0. The number of thioether (sulfide) groups is 1. The van der Waals surface area contributed by atoms with Crippen LogP contribution in [0.4, 0.5) is 5.95 Å². The molecule has 0 spiro atoms. The van der Waals surface area contributed by atoms with Crippen molar-refractivity contribution in [2.45, 2.75) is 33.4 Å². The number of aromatic nitrogens is 4. The van der Waals surface area contributed by atoms with Gasteiger partial charge in [-0.1, -0.05) is 0 Å². The molecule has 0 aromatic carbocycles. The molecule has 0 aliphatic rings. The van der Waals surface area contributed by atoms with Crippen molar-refractivity contribution in [1.82, 2.24) is 30.6 Å². The van der Waals surface area contributed by atoms with E-state index in [1.807, 2.05) is 33.8 Å². The van der Waals surface area contributed by atoms with Crippen molar-refractivity contribution >= 4 is 41.0 Å². The minimum atomic E-state index is 0.498. The van der Waals surface area contributed by atoms with Crippen LogP contribution in [0.2, 0.25) is 0 Å². The second-order valence-electron chi connectivity index (χ2n) is 5.84. The summed E-state index contributed by atoms with van der Waals surface area (Å²) in [7, 11) is 0. The molecule has 0 fully saturated rings. The molecule has 0 atom stereocenters. The van der Waals surface area contributed by atoms with E-state index in [-0.39, 0.29) is 0 Å². The highest BCUT2D eigenvalue weighted by Crippen LogP contribution is 2.12. The maximum Gasteiger partial charge on any atom is 0.229 e. The number of thiocarbonyl (C=S) groups is 1. The standard InChI is InChI=1S/C17H26N8S2/c1-5-18-17(26)25-15(24-16-22-11(2)8-12(3)23-16)19-6-7-27-9-14-13(4)20-10-21-14/h8,10H,5-7,9H2,1-4H3,(H,20,21)(H3,18,19,22,23,24,25,26). The Morgan fingerprint density at radius 3 is 2.63 bits per heavy atom. The first-order chi connectivity index (χ1) is 13.0. The van der Waals surface area contributed by atoms with Crippen molar-refractivity contribution in [2.24, 2.45) is 4.99 Å². The van der Waals surface area contributed by atoms with Gasteiger partial charge in [0.25, 0.3) is 0 Å². The van der Waals surface area contributed by atoms with Crippen LogP contribution in [-0.4, -0.2) is 49.9 Å². The zero-order valence-corrected chi connectivity index (χ0v) is 17.7. The molecular weight excluding hydrogens is 380 g/mol. The van der Waals surface area contributed by atoms with Gasteiger partial charge in [0.15, 0.2) is 5.11 Å². The minimum absolute atomic E-state index is 0.498. The highest BCUT2D eigenvalue weighted by atomic mass is 32.2. The van der Waals surface area contributed by atoms with Crippen molar-refractivity contribution in [3.8, 4) is 0 Å². The Labute approximate surface area is 169 Å². The molecule has 27 heavy (non-hydrogen) atoms. The number of imidazole rings is 1. The van der Waals surface area contributed by atoms with Crippen LogP contribution in [0.5, 0.6) is 0 Å². The molecule has 8 nitrogen and oxygen atoms in total. The van der Waals surface area contributed by atoms with E-state index >= 15 is 0 Å². The van der Waals surface area contributed by atoms with E-state index < -0.39 is 0 Å². The van der Waals surface area contributed by atoms with Crippen LogP contribution in [0, 0.1) is 20.8 Å². The van der Waals surface area contributed by atoms with Crippen LogP contribution in [0.25, 0.3) is 0 Å². The zero-order chi connectivity index (χ0) is 19.6.